The van der Waals surface area contributed by atoms with Crippen molar-refractivity contribution in [3.05, 3.63) is 87.1 Å². The van der Waals surface area contributed by atoms with Crippen molar-refractivity contribution in [1.82, 2.24) is 9.13 Å². The fraction of sp³-hybridized carbons (Fsp3) is 0.200. The lowest BCUT2D eigenvalue weighted by atomic mass is 10.00. The molecule has 1 atom stereocenters. The second kappa shape index (κ2) is 7.72. The topological polar surface area (TPSA) is 65.3 Å². The summed E-state index contributed by atoms with van der Waals surface area (Å²) in [7, 11) is 4.86. The molecule has 0 radical (unpaired) electrons. The van der Waals surface area contributed by atoms with E-state index in [9.17, 15) is 9.59 Å². The minimum Gasteiger partial charge on any atom is -0.465 e. The van der Waals surface area contributed by atoms with Gasteiger partial charge in [0.2, 0.25) is 0 Å². The number of ether oxygens (including phenoxy) is 1. The number of pyridine rings is 1. The minimum atomic E-state index is -0.410. The lowest BCUT2D eigenvalue weighted by Crippen LogP contribution is -2.21. The number of hydrogen-bond donors (Lipinski definition) is 1. The molecule has 6 nitrogen and oxygen atoms in total. The van der Waals surface area contributed by atoms with Crippen LogP contribution in [0.1, 0.15) is 27.7 Å². The molecule has 0 aliphatic rings. The Morgan fingerprint density at radius 3 is 2.48 bits per heavy atom. The van der Waals surface area contributed by atoms with Crippen LogP contribution >= 0.6 is 11.6 Å². The van der Waals surface area contributed by atoms with Crippen molar-refractivity contribution in [3.8, 4) is 0 Å². The number of anilines is 1. The molecule has 0 saturated heterocycles. The second-order valence-corrected chi connectivity index (χ2v) is 6.61. The molecule has 1 aromatic carbocycles. The van der Waals surface area contributed by atoms with E-state index in [0.717, 1.165) is 11.3 Å². The van der Waals surface area contributed by atoms with Crippen LogP contribution in [0, 0.1) is 0 Å². The zero-order chi connectivity index (χ0) is 19.6. The molecule has 0 aliphatic carbocycles. The lowest BCUT2D eigenvalue weighted by molar-refractivity contribution is 0.0599. The van der Waals surface area contributed by atoms with Gasteiger partial charge in [-0.1, -0.05) is 41.9 Å². The highest BCUT2D eigenvalue weighted by atomic mass is 35.5. The van der Waals surface area contributed by atoms with E-state index in [4.69, 9.17) is 16.3 Å². The first kappa shape index (κ1) is 18.8. The SMILES string of the molecule is COC(=O)c1ccn(C)c1C(Nc1cc(Cl)c(=O)n(C)c1)c1ccccc1. The van der Waals surface area contributed by atoms with E-state index in [1.807, 2.05) is 48.1 Å². The molecule has 2 heterocycles. The maximum Gasteiger partial charge on any atom is 0.339 e. The lowest BCUT2D eigenvalue weighted by Gasteiger charge is -2.23. The Bertz CT molecular complexity index is 998. The van der Waals surface area contributed by atoms with Gasteiger partial charge in [-0.05, 0) is 17.7 Å². The van der Waals surface area contributed by atoms with Crippen molar-refractivity contribution in [1.29, 1.82) is 0 Å². The van der Waals surface area contributed by atoms with Crippen LogP contribution in [0.3, 0.4) is 0 Å². The van der Waals surface area contributed by atoms with Gasteiger partial charge >= 0.3 is 5.97 Å². The average Bonchev–Trinajstić information content (AvgIpc) is 3.05. The van der Waals surface area contributed by atoms with E-state index in [1.54, 1.807) is 25.4 Å². The highest BCUT2D eigenvalue weighted by Gasteiger charge is 2.25. The summed E-state index contributed by atoms with van der Waals surface area (Å²) in [5.41, 5.74) is 2.56. The van der Waals surface area contributed by atoms with Gasteiger partial charge < -0.3 is 19.2 Å². The van der Waals surface area contributed by atoms with Gasteiger partial charge in [0.15, 0.2) is 0 Å². The molecule has 0 amide bonds. The van der Waals surface area contributed by atoms with Gasteiger partial charge in [-0.2, -0.15) is 0 Å². The molecule has 7 heteroatoms. The zero-order valence-electron chi connectivity index (χ0n) is 15.3. The quantitative estimate of drug-likeness (QED) is 0.684. The van der Waals surface area contributed by atoms with Gasteiger partial charge in [-0.15, -0.1) is 0 Å². The van der Waals surface area contributed by atoms with Gasteiger partial charge in [0.25, 0.3) is 5.56 Å². The highest BCUT2D eigenvalue weighted by molar-refractivity contribution is 6.30. The third kappa shape index (κ3) is 3.75. The fourth-order valence-electron chi connectivity index (χ4n) is 3.06. The van der Waals surface area contributed by atoms with E-state index < -0.39 is 5.97 Å². The van der Waals surface area contributed by atoms with E-state index in [0.29, 0.717) is 11.3 Å². The minimum absolute atomic E-state index is 0.120. The number of nitrogens with zero attached hydrogens (tertiary/aromatic N) is 2. The van der Waals surface area contributed by atoms with Gasteiger partial charge in [-0.3, -0.25) is 4.79 Å². The van der Waals surface area contributed by atoms with Crippen molar-refractivity contribution in [2.24, 2.45) is 14.1 Å². The first-order valence-electron chi connectivity index (χ1n) is 8.33. The summed E-state index contributed by atoms with van der Waals surface area (Å²) in [4.78, 5) is 24.1. The van der Waals surface area contributed by atoms with Gasteiger partial charge in [-0.25, -0.2) is 4.79 Å². The summed E-state index contributed by atoms with van der Waals surface area (Å²) < 4.78 is 8.22. The number of esters is 1. The number of aryl methyl sites for hydroxylation is 2. The van der Waals surface area contributed by atoms with Crippen LogP contribution in [-0.4, -0.2) is 22.2 Å². The number of carbonyl (C=O) groups excluding carboxylic acids is 1. The predicted molar refractivity (Wildman–Crippen MR) is 105 cm³/mol. The van der Waals surface area contributed by atoms with Crippen molar-refractivity contribution in [3.63, 3.8) is 0 Å². The Labute approximate surface area is 162 Å². The Balaban J connectivity index is 2.13. The second-order valence-electron chi connectivity index (χ2n) is 6.20. The Morgan fingerprint density at radius 2 is 1.85 bits per heavy atom. The molecule has 3 aromatic rings. The molecule has 27 heavy (non-hydrogen) atoms. The molecular weight excluding hydrogens is 366 g/mol. The summed E-state index contributed by atoms with van der Waals surface area (Å²) in [6.45, 7) is 0. The molecule has 140 valence electrons. The fourth-order valence-corrected chi connectivity index (χ4v) is 3.31. The molecule has 0 aliphatic heterocycles. The summed E-state index contributed by atoms with van der Waals surface area (Å²) >= 11 is 6.06. The average molecular weight is 386 g/mol. The summed E-state index contributed by atoms with van der Waals surface area (Å²) in [6, 6.07) is 12.7. The molecule has 1 unspecified atom stereocenters. The monoisotopic (exact) mass is 385 g/mol. The maximum atomic E-state index is 12.3. The van der Waals surface area contributed by atoms with Crippen LogP contribution in [0.2, 0.25) is 5.02 Å². The Hall–Kier alpha value is -2.99. The number of hydrogen-bond acceptors (Lipinski definition) is 4. The van der Waals surface area contributed by atoms with Crippen LogP contribution in [0.15, 0.2) is 59.7 Å². The van der Waals surface area contributed by atoms with Gasteiger partial charge in [0.1, 0.15) is 5.02 Å². The van der Waals surface area contributed by atoms with E-state index in [-0.39, 0.29) is 16.6 Å². The van der Waals surface area contributed by atoms with Crippen molar-refractivity contribution >= 4 is 23.3 Å². The van der Waals surface area contributed by atoms with Crippen LogP contribution in [0.4, 0.5) is 5.69 Å². The van der Waals surface area contributed by atoms with Crippen LogP contribution in [0.5, 0.6) is 0 Å². The summed E-state index contributed by atoms with van der Waals surface area (Å²) in [5, 5.41) is 3.51. The molecule has 0 fully saturated rings. The number of rotatable bonds is 5. The molecule has 3 rings (SSSR count). The maximum absolute atomic E-state index is 12.3. The largest absolute Gasteiger partial charge is 0.465 e. The molecule has 2 aromatic heterocycles. The van der Waals surface area contributed by atoms with Crippen LogP contribution < -0.4 is 10.9 Å². The first-order chi connectivity index (χ1) is 12.9. The number of aromatic nitrogens is 2. The van der Waals surface area contributed by atoms with Gasteiger partial charge in [0, 0.05) is 26.5 Å². The smallest absolute Gasteiger partial charge is 0.339 e. The molecule has 0 saturated carbocycles. The first-order valence-corrected chi connectivity index (χ1v) is 8.71. The predicted octanol–water partition coefficient (Wildman–Crippen LogP) is 3.37. The number of carbonyl (C=O) groups is 1. The summed E-state index contributed by atoms with van der Waals surface area (Å²) in [5.74, 6) is -0.410. The third-order valence-electron chi connectivity index (χ3n) is 4.38. The molecule has 1 N–H and O–H groups in total. The number of halogens is 1. The third-order valence-corrected chi connectivity index (χ3v) is 4.65. The van der Waals surface area contributed by atoms with Crippen molar-refractivity contribution in [2.45, 2.75) is 6.04 Å². The van der Waals surface area contributed by atoms with Crippen molar-refractivity contribution < 1.29 is 9.53 Å². The number of nitrogens with one attached hydrogen (secondary N) is 1. The number of methoxy groups -OCH3 is 1. The summed E-state index contributed by atoms with van der Waals surface area (Å²) in [6.07, 6.45) is 3.48. The zero-order valence-corrected chi connectivity index (χ0v) is 16.0. The molecule has 0 bridgehead atoms. The van der Waals surface area contributed by atoms with E-state index in [1.165, 1.54) is 11.7 Å². The highest BCUT2D eigenvalue weighted by Crippen LogP contribution is 2.30. The number of benzene rings is 1. The molecular formula is C20H20ClN3O3. The van der Waals surface area contributed by atoms with Crippen LogP contribution in [-0.2, 0) is 18.8 Å². The van der Waals surface area contributed by atoms with Gasteiger partial charge in [0.05, 0.1) is 30.1 Å². The van der Waals surface area contributed by atoms with E-state index in [2.05, 4.69) is 5.32 Å². The normalized spacial score (nSPS) is 11.9. The van der Waals surface area contributed by atoms with Crippen LogP contribution in [0.25, 0.3) is 0 Å². The Morgan fingerprint density at radius 1 is 1.15 bits per heavy atom. The Kier molecular flexibility index (Phi) is 5.37. The van der Waals surface area contributed by atoms with E-state index >= 15 is 0 Å². The van der Waals surface area contributed by atoms with Crippen molar-refractivity contribution in [2.75, 3.05) is 12.4 Å². The molecule has 0 spiro atoms. The standard InChI is InChI=1S/C20H20ClN3O3/c1-23-10-9-15(20(26)27-3)18(23)17(13-7-5-4-6-8-13)22-14-11-16(21)19(25)24(2)12-14/h4-12,17,22H,1-3H3.